The minimum atomic E-state index is -0.243. The van der Waals surface area contributed by atoms with E-state index in [1.54, 1.807) is 6.08 Å². The minimum absolute atomic E-state index is 0.243. The van der Waals surface area contributed by atoms with Gasteiger partial charge in [0.1, 0.15) is 0 Å². The molecular weight excluding hydrogens is 154 g/mol. The summed E-state index contributed by atoms with van der Waals surface area (Å²) in [5.74, 6) is -0.243. The zero-order chi connectivity index (χ0) is 8.97. The van der Waals surface area contributed by atoms with Crippen LogP contribution in [0.4, 0.5) is 0 Å². The van der Waals surface area contributed by atoms with Crippen LogP contribution in [0.2, 0.25) is 0 Å². The van der Waals surface area contributed by atoms with Gasteiger partial charge in [0.2, 0.25) is 0 Å². The summed E-state index contributed by atoms with van der Waals surface area (Å²) in [6.07, 6.45) is 3.60. The van der Waals surface area contributed by atoms with Crippen molar-refractivity contribution in [3.63, 3.8) is 0 Å². The molecule has 0 aromatic carbocycles. The lowest BCUT2D eigenvalue weighted by Gasteiger charge is -2.07. The van der Waals surface area contributed by atoms with E-state index >= 15 is 0 Å². The van der Waals surface area contributed by atoms with Gasteiger partial charge in [-0.05, 0) is 25.0 Å². The molecule has 0 spiro atoms. The number of esters is 1. The van der Waals surface area contributed by atoms with Crippen LogP contribution in [0.15, 0.2) is 11.6 Å². The monoisotopic (exact) mass is 169 g/mol. The zero-order valence-corrected chi connectivity index (χ0v) is 7.59. The van der Waals surface area contributed by atoms with Crippen LogP contribution < -0.4 is 5.32 Å². The van der Waals surface area contributed by atoms with Crippen molar-refractivity contribution in [1.82, 2.24) is 5.32 Å². The van der Waals surface area contributed by atoms with E-state index in [2.05, 4.69) is 17.0 Å². The van der Waals surface area contributed by atoms with Gasteiger partial charge < -0.3 is 10.1 Å². The standard InChI is InChI=1S/C9H15NO2/c1-3-8-7(4-5-10-8)6-9(11)12-2/h6,8,10H,3-5H2,1-2H3. The van der Waals surface area contributed by atoms with Crippen molar-refractivity contribution in [2.75, 3.05) is 13.7 Å². The summed E-state index contributed by atoms with van der Waals surface area (Å²) in [5.41, 5.74) is 1.17. The molecule has 1 N–H and O–H groups in total. The number of carbonyl (C=O) groups is 1. The number of rotatable bonds is 2. The van der Waals surface area contributed by atoms with Crippen molar-refractivity contribution < 1.29 is 9.53 Å². The lowest BCUT2D eigenvalue weighted by molar-refractivity contribution is -0.134. The topological polar surface area (TPSA) is 38.3 Å². The van der Waals surface area contributed by atoms with Crippen LogP contribution in [-0.2, 0) is 9.53 Å². The highest BCUT2D eigenvalue weighted by Crippen LogP contribution is 2.16. The molecular formula is C9H15NO2. The molecule has 3 heteroatoms. The van der Waals surface area contributed by atoms with Gasteiger partial charge in [0.05, 0.1) is 7.11 Å². The molecule has 0 aromatic rings. The van der Waals surface area contributed by atoms with E-state index < -0.39 is 0 Å². The highest BCUT2D eigenvalue weighted by Gasteiger charge is 2.18. The SMILES string of the molecule is CCC1NCCC1=CC(=O)OC. The van der Waals surface area contributed by atoms with Gasteiger partial charge in [-0.2, -0.15) is 0 Å². The second kappa shape index (κ2) is 4.26. The Morgan fingerprint density at radius 2 is 2.58 bits per heavy atom. The second-order valence-corrected chi connectivity index (χ2v) is 2.91. The fourth-order valence-electron chi connectivity index (χ4n) is 1.49. The summed E-state index contributed by atoms with van der Waals surface area (Å²) in [7, 11) is 1.41. The van der Waals surface area contributed by atoms with Crippen molar-refractivity contribution in [1.29, 1.82) is 0 Å². The molecule has 1 aliphatic heterocycles. The minimum Gasteiger partial charge on any atom is -0.466 e. The zero-order valence-electron chi connectivity index (χ0n) is 7.59. The molecule has 3 nitrogen and oxygen atoms in total. The van der Waals surface area contributed by atoms with Crippen molar-refractivity contribution in [3.05, 3.63) is 11.6 Å². The molecule has 0 amide bonds. The second-order valence-electron chi connectivity index (χ2n) is 2.91. The molecule has 1 heterocycles. The molecule has 0 aliphatic carbocycles. The first-order valence-corrected chi connectivity index (χ1v) is 4.29. The third-order valence-corrected chi connectivity index (χ3v) is 2.16. The largest absolute Gasteiger partial charge is 0.466 e. The summed E-state index contributed by atoms with van der Waals surface area (Å²) < 4.78 is 4.56. The molecule has 1 aliphatic rings. The fraction of sp³-hybridized carbons (Fsp3) is 0.667. The van der Waals surface area contributed by atoms with Crippen molar-refractivity contribution in [3.8, 4) is 0 Å². The van der Waals surface area contributed by atoms with Gasteiger partial charge in [0.15, 0.2) is 0 Å². The summed E-state index contributed by atoms with van der Waals surface area (Å²) >= 11 is 0. The van der Waals surface area contributed by atoms with E-state index in [1.165, 1.54) is 12.7 Å². The van der Waals surface area contributed by atoms with Gasteiger partial charge in [0.25, 0.3) is 0 Å². The molecule has 0 aromatic heterocycles. The average Bonchev–Trinajstić information content (AvgIpc) is 2.51. The Kier molecular flexibility index (Phi) is 3.29. The highest BCUT2D eigenvalue weighted by atomic mass is 16.5. The van der Waals surface area contributed by atoms with Crippen LogP contribution in [-0.4, -0.2) is 25.7 Å². The first kappa shape index (κ1) is 9.26. The summed E-state index contributed by atoms with van der Waals surface area (Å²) in [6, 6.07) is 0.379. The summed E-state index contributed by atoms with van der Waals surface area (Å²) in [6.45, 7) is 3.08. The van der Waals surface area contributed by atoms with E-state index in [0.717, 1.165) is 19.4 Å². The van der Waals surface area contributed by atoms with Crippen LogP contribution in [0.25, 0.3) is 0 Å². The highest BCUT2D eigenvalue weighted by molar-refractivity contribution is 5.83. The average molecular weight is 169 g/mol. The molecule has 12 heavy (non-hydrogen) atoms. The van der Waals surface area contributed by atoms with Gasteiger partial charge in [0, 0.05) is 12.1 Å². The molecule has 1 saturated heterocycles. The van der Waals surface area contributed by atoms with E-state index in [1.807, 2.05) is 0 Å². The lowest BCUT2D eigenvalue weighted by atomic mass is 10.1. The van der Waals surface area contributed by atoms with Crippen LogP contribution in [0.1, 0.15) is 19.8 Å². The summed E-state index contributed by atoms with van der Waals surface area (Å²) in [5, 5.41) is 3.31. The Balaban J connectivity index is 2.60. The number of hydrogen-bond donors (Lipinski definition) is 1. The van der Waals surface area contributed by atoms with Gasteiger partial charge >= 0.3 is 5.97 Å². The maximum absolute atomic E-state index is 10.9. The lowest BCUT2D eigenvalue weighted by Crippen LogP contribution is -2.21. The molecule has 0 saturated carbocycles. The van der Waals surface area contributed by atoms with E-state index in [0.29, 0.717) is 6.04 Å². The molecule has 1 unspecified atom stereocenters. The molecule has 68 valence electrons. The first-order valence-electron chi connectivity index (χ1n) is 4.29. The number of nitrogens with one attached hydrogen (secondary N) is 1. The Morgan fingerprint density at radius 1 is 1.83 bits per heavy atom. The van der Waals surface area contributed by atoms with Gasteiger partial charge in [-0.1, -0.05) is 6.92 Å². The maximum atomic E-state index is 10.9. The smallest absolute Gasteiger partial charge is 0.330 e. The number of carbonyl (C=O) groups excluding carboxylic acids is 1. The predicted octanol–water partition coefficient (Wildman–Crippen LogP) is 0.858. The third kappa shape index (κ3) is 2.08. The van der Waals surface area contributed by atoms with Crippen molar-refractivity contribution in [2.24, 2.45) is 0 Å². The maximum Gasteiger partial charge on any atom is 0.330 e. The van der Waals surface area contributed by atoms with Crippen LogP contribution >= 0.6 is 0 Å². The predicted molar refractivity (Wildman–Crippen MR) is 46.8 cm³/mol. The van der Waals surface area contributed by atoms with E-state index in [-0.39, 0.29) is 5.97 Å². The third-order valence-electron chi connectivity index (χ3n) is 2.16. The molecule has 1 fully saturated rings. The molecule has 1 atom stereocenters. The first-order chi connectivity index (χ1) is 5.77. The number of ether oxygens (including phenoxy) is 1. The Labute approximate surface area is 72.8 Å². The summed E-state index contributed by atoms with van der Waals surface area (Å²) in [4.78, 5) is 10.9. The van der Waals surface area contributed by atoms with E-state index in [9.17, 15) is 4.79 Å². The van der Waals surface area contributed by atoms with Crippen molar-refractivity contribution in [2.45, 2.75) is 25.8 Å². The van der Waals surface area contributed by atoms with E-state index in [4.69, 9.17) is 0 Å². The van der Waals surface area contributed by atoms with Gasteiger partial charge in [-0.3, -0.25) is 0 Å². The molecule has 1 rings (SSSR count). The Morgan fingerprint density at radius 3 is 3.17 bits per heavy atom. The normalized spacial score (nSPS) is 26.2. The van der Waals surface area contributed by atoms with Crippen LogP contribution in [0.3, 0.4) is 0 Å². The number of methoxy groups -OCH3 is 1. The Bertz CT molecular complexity index is 199. The molecule has 0 radical (unpaired) electrons. The molecule has 0 bridgehead atoms. The van der Waals surface area contributed by atoms with Gasteiger partial charge in [-0.15, -0.1) is 0 Å². The Hall–Kier alpha value is -0.830. The van der Waals surface area contributed by atoms with Gasteiger partial charge in [-0.25, -0.2) is 4.79 Å². The number of hydrogen-bond acceptors (Lipinski definition) is 3. The fourth-order valence-corrected chi connectivity index (χ4v) is 1.49. The quantitative estimate of drug-likeness (QED) is 0.492. The van der Waals surface area contributed by atoms with Crippen LogP contribution in [0.5, 0.6) is 0 Å². The van der Waals surface area contributed by atoms with Crippen LogP contribution in [0, 0.1) is 0 Å². The van der Waals surface area contributed by atoms with Crippen molar-refractivity contribution >= 4 is 5.97 Å².